The van der Waals surface area contributed by atoms with E-state index in [1.54, 1.807) is 12.1 Å². The Hall–Kier alpha value is -2.69. The van der Waals surface area contributed by atoms with Gasteiger partial charge in [-0.1, -0.05) is 6.07 Å². The maximum atomic E-state index is 12.5. The van der Waals surface area contributed by atoms with Crippen LogP contribution in [0.4, 0.5) is 5.69 Å². The molecular weight excluding hydrogens is 314 g/mol. The maximum Gasteiger partial charge on any atom is 0.272 e. The minimum absolute atomic E-state index is 0.0967. The first kappa shape index (κ1) is 17.1. The van der Waals surface area contributed by atoms with Crippen molar-refractivity contribution in [3.8, 4) is 0 Å². The summed E-state index contributed by atoms with van der Waals surface area (Å²) in [5, 5.41) is 2.88. The van der Waals surface area contributed by atoms with E-state index < -0.39 is 0 Å². The number of hydrogen-bond donors (Lipinski definition) is 1. The van der Waals surface area contributed by atoms with Crippen molar-refractivity contribution in [1.29, 1.82) is 0 Å². The molecule has 0 radical (unpaired) electrons. The van der Waals surface area contributed by atoms with E-state index in [0.29, 0.717) is 11.3 Å². The fraction of sp³-hybridized carbons (Fsp3) is 0.350. The molecule has 1 saturated heterocycles. The fourth-order valence-electron chi connectivity index (χ4n) is 2.97. The number of piperidine rings is 1. The van der Waals surface area contributed by atoms with Crippen LogP contribution in [0.3, 0.4) is 0 Å². The molecule has 25 heavy (non-hydrogen) atoms. The van der Waals surface area contributed by atoms with Crippen LogP contribution in [0.25, 0.3) is 0 Å². The second kappa shape index (κ2) is 7.47. The Bertz CT molecular complexity index is 795. The van der Waals surface area contributed by atoms with Crippen molar-refractivity contribution in [2.45, 2.75) is 33.1 Å². The summed E-state index contributed by atoms with van der Waals surface area (Å²) in [5.41, 5.74) is 3.81. The van der Waals surface area contributed by atoms with Crippen LogP contribution in [-0.2, 0) is 0 Å². The molecule has 2 heterocycles. The summed E-state index contributed by atoms with van der Waals surface area (Å²) in [6.07, 6.45) is 4.74. The first-order valence-electron chi connectivity index (χ1n) is 8.68. The van der Waals surface area contributed by atoms with E-state index >= 15 is 0 Å². The first-order chi connectivity index (χ1) is 12.0. The summed E-state index contributed by atoms with van der Waals surface area (Å²) in [4.78, 5) is 31.0. The van der Waals surface area contributed by atoms with E-state index in [1.807, 2.05) is 36.9 Å². The lowest BCUT2D eigenvalue weighted by molar-refractivity contribution is 0.0718. The molecule has 1 aliphatic rings. The molecule has 3 rings (SSSR count). The van der Waals surface area contributed by atoms with Crippen molar-refractivity contribution in [1.82, 2.24) is 9.88 Å². The van der Waals surface area contributed by atoms with Gasteiger partial charge in [0.05, 0.1) is 0 Å². The van der Waals surface area contributed by atoms with Gasteiger partial charge in [-0.3, -0.25) is 14.6 Å². The third-order valence-electron chi connectivity index (χ3n) is 4.65. The van der Waals surface area contributed by atoms with E-state index in [4.69, 9.17) is 0 Å². The maximum absolute atomic E-state index is 12.5. The Morgan fingerprint density at radius 3 is 2.48 bits per heavy atom. The number of rotatable bonds is 3. The zero-order chi connectivity index (χ0) is 17.8. The van der Waals surface area contributed by atoms with Crippen molar-refractivity contribution >= 4 is 17.5 Å². The van der Waals surface area contributed by atoms with E-state index in [2.05, 4.69) is 10.3 Å². The monoisotopic (exact) mass is 337 g/mol. The molecule has 0 unspecified atom stereocenters. The standard InChI is InChI=1S/C20H23N3O2/c1-14-6-7-17(12-15(14)2)22-19(24)16-8-9-21-18(13-16)20(25)23-10-4-3-5-11-23/h6-9,12-13H,3-5,10-11H2,1-2H3,(H,22,24). The van der Waals surface area contributed by atoms with Crippen LogP contribution in [0.15, 0.2) is 36.5 Å². The number of nitrogens with one attached hydrogen (secondary N) is 1. The lowest BCUT2D eigenvalue weighted by Gasteiger charge is -2.26. The molecule has 2 aromatic rings. The van der Waals surface area contributed by atoms with Crippen LogP contribution in [0.5, 0.6) is 0 Å². The van der Waals surface area contributed by atoms with Gasteiger partial charge in [-0.25, -0.2) is 0 Å². The van der Waals surface area contributed by atoms with Crippen LogP contribution in [0, 0.1) is 13.8 Å². The van der Waals surface area contributed by atoms with E-state index in [-0.39, 0.29) is 11.8 Å². The molecule has 2 amide bonds. The number of pyridine rings is 1. The first-order valence-corrected chi connectivity index (χ1v) is 8.68. The molecule has 0 aliphatic carbocycles. The summed E-state index contributed by atoms with van der Waals surface area (Å²) in [6.45, 7) is 5.56. The number of aryl methyl sites for hydroxylation is 2. The highest BCUT2D eigenvalue weighted by Gasteiger charge is 2.20. The molecule has 0 atom stereocenters. The highest BCUT2D eigenvalue weighted by molar-refractivity contribution is 6.05. The average Bonchev–Trinajstić information content (AvgIpc) is 2.65. The van der Waals surface area contributed by atoms with Crippen LogP contribution in [0.2, 0.25) is 0 Å². The van der Waals surface area contributed by atoms with Gasteiger partial charge in [0.25, 0.3) is 11.8 Å². The van der Waals surface area contributed by atoms with E-state index in [0.717, 1.165) is 43.6 Å². The van der Waals surface area contributed by atoms with Crippen molar-refractivity contribution in [2.24, 2.45) is 0 Å². The zero-order valence-corrected chi connectivity index (χ0v) is 14.7. The number of benzene rings is 1. The number of hydrogen-bond acceptors (Lipinski definition) is 3. The Kier molecular flexibility index (Phi) is 5.12. The van der Waals surface area contributed by atoms with Gasteiger partial charge in [0.1, 0.15) is 5.69 Å². The predicted octanol–water partition coefficient (Wildman–Crippen LogP) is 3.58. The molecule has 1 fully saturated rings. The number of aromatic nitrogens is 1. The van der Waals surface area contributed by atoms with Crippen molar-refractivity contribution in [3.05, 3.63) is 58.9 Å². The van der Waals surface area contributed by atoms with Gasteiger partial charge in [0.15, 0.2) is 0 Å². The highest BCUT2D eigenvalue weighted by atomic mass is 16.2. The molecule has 1 aliphatic heterocycles. The summed E-state index contributed by atoms with van der Waals surface area (Å²) >= 11 is 0. The van der Waals surface area contributed by atoms with Gasteiger partial charge in [-0.15, -0.1) is 0 Å². The van der Waals surface area contributed by atoms with Gasteiger partial charge in [-0.05, 0) is 68.5 Å². The Balaban J connectivity index is 1.74. The third kappa shape index (κ3) is 4.05. The third-order valence-corrected chi connectivity index (χ3v) is 4.65. The number of carbonyl (C=O) groups is 2. The zero-order valence-electron chi connectivity index (χ0n) is 14.7. The Morgan fingerprint density at radius 2 is 1.76 bits per heavy atom. The van der Waals surface area contributed by atoms with E-state index in [9.17, 15) is 9.59 Å². The van der Waals surface area contributed by atoms with Crippen molar-refractivity contribution in [3.63, 3.8) is 0 Å². The van der Waals surface area contributed by atoms with Crippen molar-refractivity contribution < 1.29 is 9.59 Å². The van der Waals surface area contributed by atoms with Crippen LogP contribution in [-0.4, -0.2) is 34.8 Å². The lowest BCUT2D eigenvalue weighted by Crippen LogP contribution is -2.36. The van der Waals surface area contributed by atoms with Gasteiger partial charge in [-0.2, -0.15) is 0 Å². The smallest absolute Gasteiger partial charge is 0.272 e. The quantitative estimate of drug-likeness (QED) is 0.931. The normalized spacial score (nSPS) is 14.2. The number of anilines is 1. The number of likely N-dealkylation sites (tertiary alicyclic amines) is 1. The van der Waals surface area contributed by atoms with Crippen LogP contribution < -0.4 is 5.32 Å². The molecule has 0 spiro atoms. The van der Waals surface area contributed by atoms with Crippen molar-refractivity contribution in [2.75, 3.05) is 18.4 Å². The second-order valence-corrected chi connectivity index (χ2v) is 6.54. The molecule has 1 N–H and O–H groups in total. The van der Waals surface area contributed by atoms with Gasteiger partial charge >= 0.3 is 0 Å². The molecule has 5 heteroatoms. The Labute approximate surface area is 148 Å². The fourth-order valence-corrected chi connectivity index (χ4v) is 2.97. The minimum atomic E-state index is -0.238. The topological polar surface area (TPSA) is 62.3 Å². The Morgan fingerprint density at radius 1 is 1.00 bits per heavy atom. The summed E-state index contributed by atoms with van der Waals surface area (Å²) in [5.74, 6) is -0.334. The van der Waals surface area contributed by atoms with Gasteiger partial charge < -0.3 is 10.2 Å². The highest BCUT2D eigenvalue weighted by Crippen LogP contribution is 2.16. The molecule has 0 bridgehead atoms. The molecule has 130 valence electrons. The number of nitrogens with zero attached hydrogens (tertiary/aromatic N) is 2. The molecule has 5 nitrogen and oxygen atoms in total. The number of amides is 2. The van der Waals surface area contributed by atoms with Crippen LogP contribution in [0.1, 0.15) is 51.2 Å². The summed E-state index contributed by atoms with van der Waals surface area (Å²) < 4.78 is 0. The van der Waals surface area contributed by atoms with Gasteiger partial charge in [0, 0.05) is 30.5 Å². The van der Waals surface area contributed by atoms with E-state index in [1.165, 1.54) is 11.8 Å². The molecular formula is C20H23N3O2. The molecule has 1 aromatic carbocycles. The second-order valence-electron chi connectivity index (χ2n) is 6.54. The lowest BCUT2D eigenvalue weighted by atomic mass is 10.1. The molecule has 1 aromatic heterocycles. The predicted molar refractivity (Wildman–Crippen MR) is 97.9 cm³/mol. The average molecular weight is 337 g/mol. The summed E-state index contributed by atoms with van der Waals surface area (Å²) in [6, 6.07) is 8.99. The minimum Gasteiger partial charge on any atom is -0.337 e. The summed E-state index contributed by atoms with van der Waals surface area (Å²) in [7, 11) is 0. The SMILES string of the molecule is Cc1ccc(NC(=O)c2ccnc(C(=O)N3CCCCC3)c2)cc1C. The molecule has 0 saturated carbocycles. The van der Waals surface area contributed by atoms with Crippen LogP contribution >= 0.6 is 0 Å². The largest absolute Gasteiger partial charge is 0.337 e. The van der Waals surface area contributed by atoms with Gasteiger partial charge in [0.2, 0.25) is 0 Å². The number of carbonyl (C=O) groups excluding carboxylic acids is 2.